The zero-order valence-electron chi connectivity index (χ0n) is 6.21. The van der Waals surface area contributed by atoms with Gasteiger partial charge in [0, 0.05) is 6.42 Å². The van der Waals surface area contributed by atoms with E-state index in [2.05, 4.69) is 15.5 Å². The molecule has 0 amide bonds. The van der Waals surface area contributed by atoms with Crippen LogP contribution in [-0.2, 0) is 17.8 Å². The molecule has 1 heterocycles. The summed E-state index contributed by atoms with van der Waals surface area (Å²) in [6, 6.07) is 0. The summed E-state index contributed by atoms with van der Waals surface area (Å²) in [7, 11) is 0. The Morgan fingerprint density at radius 2 is 2.33 bits per heavy atom. The molecule has 0 radical (unpaired) electrons. The van der Waals surface area contributed by atoms with Gasteiger partial charge in [0.15, 0.2) is 5.82 Å². The first-order chi connectivity index (χ1) is 5.74. The fraction of sp³-hybridized carbons (Fsp3) is 0.600. The van der Waals surface area contributed by atoms with E-state index < -0.39 is 5.97 Å². The minimum Gasteiger partial charge on any atom is -0.480 e. The number of carboxylic acids is 1. The van der Waals surface area contributed by atoms with Crippen molar-refractivity contribution in [2.45, 2.75) is 13.0 Å². The maximum atomic E-state index is 10.2. The highest BCUT2D eigenvalue weighted by molar-refractivity contribution is 5.66. The molecule has 0 unspecified atom stereocenters. The summed E-state index contributed by atoms with van der Waals surface area (Å²) in [5.41, 5.74) is 0. The van der Waals surface area contributed by atoms with Crippen molar-refractivity contribution >= 4 is 5.97 Å². The number of hydrogen-bond donors (Lipinski definition) is 2. The topological polar surface area (TPSA) is 101 Å². The number of tetrazole rings is 1. The van der Waals surface area contributed by atoms with E-state index in [0.29, 0.717) is 5.82 Å². The van der Waals surface area contributed by atoms with Crippen molar-refractivity contribution in [2.24, 2.45) is 0 Å². The van der Waals surface area contributed by atoms with Crippen molar-refractivity contribution in [2.75, 3.05) is 6.61 Å². The second kappa shape index (κ2) is 3.77. The van der Waals surface area contributed by atoms with Crippen molar-refractivity contribution in [1.82, 2.24) is 20.2 Å². The van der Waals surface area contributed by atoms with Crippen LogP contribution in [0.5, 0.6) is 0 Å². The second-order valence-electron chi connectivity index (χ2n) is 2.12. The molecule has 0 aliphatic rings. The van der Waals surface area contributed by atoms with E-state index in [-0.39, 0.29) is 19.6 Å². The highest BCUT2D eigenvalue weighted by Gasteiger charge is 2.07. The Kier molecular flexibility index (Phi) is 2.70. The molecule has 0 saturated carbocycles. The Labute approximate surface area is 67.6 Å². The van der Waals surface area contributed by atoms with Crippen LogP contribution in [0.1, 0.15) is 5.82 Å². The lowest BCUT2D eigenvalue weighted by Gasteiger charge is -1.97. The van der Waals surface area contributed by atoms with Crippen LogP contribution in [0, 0.1) is 0 Å². The summed E-state index contributed by atoms with van der Waals surface area (Å²) in [6.45, 7) is -0.373. The average Bonchev–Trinajstić information content (AvgIpc) is 2.37. The van der Waals surface area contributed by atoms with E-state index in [1.165, 1.54) is 0 Å². The predicted molar refractivity (Wildman–Crippen MR) is 36.2 cm³/mol. The largest absolute Gasteiger partial charge is 0.480 e. The number of rotatable bonds is 4. The van der Waals surface area contributed by atoms with E-state index in [9.17, 15) is 4.79 Å². The van der Waals surface area contributed by atoms with E-state index in [4.69, 9.17) is 10.2 Å². The summed E-state index contributed by atoms with van der Waals surface area (Å²) in [5, 5.41) is 27.2. The molecule has 0 aromatic carbocycles. The monoisotopic (exact) mass is 172 g/mol. The van der Waals surface area contributed by atoms with Crippen LogP contribution >= 0.6 is 0 Å². The van der Waals surface area contributed by atoms with Crippen molar-refractivity contribution in [3.05, 3.63) is 5.82 Å². The number of nitrogens with zero attached hydrogens (tertiary/aromatic N) is 4. The highest BCUT2D eigenvalue weighted by Crippen LogP contribution is 1.92. The lowest BCUT2D eigenvalue weighted by molar-refractivity contribution is -0.138. The van der Waals surface area contributed by atoms with Crippen LogP contribution in [0.2, 0.25) is 0 Å². The average molecular weight is 172 g/mol. The van der Waals surface area contributed by atoms with Gasteiger partial charge in [0.05, 0.1) is 6.61 Å². The molecule has 12 heavy (non-hydrogen) atoms. The first-order valence-electron chi connectivity index (χ1n) is 3.31. The minimum atomic E-state index is -1.01. The first kappa shape index (κ1) is 8.60. The van der Waals surface area contributed by atoms with Gasteiger partial charge in [-0.05, 0) is 10.4 Å². The van der Waals surface area contributed by atoms with Crippen LogP contribution in [0.15, 0.2) is 0 Å². The number of aliphatic carboxylic acids is 1. The third-order valence-electron chi connectivity index (χ3n) is 1.23. The molecule has 0 fully saturated rings. The van der Waals surface area contributed by atoms with Crippen molar-refractivity contribution in [3.8, 4) is 0 Å². The fourth-order valence-corrected chi connectivity index (χ4v) is 0.753. The quantitative estimate of drug-likeness (QED) is 0.561. The SMILES string of the molecule is O=C(O)Cn1nnnc1CCO. The number of aromatic nitrogens is 4. The highest BCUT2D eigenvalue weighted by atomic mass is 16.4. The molecule has 0 aliphatic heterocycles. The molecule has 7 nitrogen and oxygen atoms in total. The predicted octanol–water partition coefficient (Wildman–Crippen LogP) is -1.71. The molecule has 0 aliphatic carbocycles. The van der Waals surface area contributed by atoms with Crippen LogP contribution in [0.25, 0.3) is 0 Å². The Bertz CT molecular complexity index is 271. The molecule has 66 valence electrons. The Hall–Kier alpha value is -1.50. The third kappa shape index (κ3) is 1.99. The maximum absolute atomic E-state index is 10.2. The van der Waals surface area contributed by atoms with Crippen LogP contribution < -0.4 is 0 Å². The number of hydrogen-bond acceptors (Lipinski definition) is 5. The molecule has 7 heteroatoms. The number of aliphatic hydroxyl groups is 1. The van der Waals surface area contributed by atoms with E-state index in [1.54, 1.807) is 0 Å². The van der Waals surface area contributed by atoms with Gasteiger partial charge in [-0.25, -0.2) is 4.68 Å². The van der Waals surface area contributed by atoms with Crippen LogP contribution in [0.3, 0.4) is 0 Å². The van der Waals surface area contributed by atoms with Crippen LogP contribution in [-0.4, -0.2) is 43.0 Å². The maximum Gasteiger partial charge on any atom is 0.325 e. The zero-order chi connectivity index (χ0) is 8.97. The molecule has 1 rings (SSSR count). The summed E-state index contributed by atoms with van der Waals surface area (Å²) in [4.78, 5) is 10.2. The Morgan fingerprint density at radius 1 is 1.58 bits per heavy atom. The van der Waals surface area contributed by atoms with Gasteiger partial charge < -0.3 is 10.2 Å². The Balaban J connectivity index is 2.69. The normalized spacial score (nSPS) is 10.1. The summed E-state index contributed by atoms with van der Waals surface area (Å²) in [5.74, 6) is -0.638. The summed E-state index contributed by atoms with van der Waals surface area (Å²) >= 11 is 0. The number of carbonyl (C=O) groups is 1. The number of aliphatic hydroxyl groups excluding tert-OH is 1. The summed E-state index contributed by atoms with van der Waals surface area (Å²) in [6.07, 6.45) is 0.264. The third-order valence-corrected chi connectivity index (χ3v) is 1.23. The molecule has 0 spiro atoms. The number of carboxylic acid groups (broad SMARTS) is 1. The Morgan fingerprint density at radius 3 is 2.92 bits per heavy atom. The van der Waals surface area contributed by atoms with Gasteiger partial charge in [0.1, 0.15) is 6.54 Å². The molecular formula is C5H8N4O3. The fourth-order valence-electron chi connectivity index (χ4n) is 0.753. The van der Waals surface area contributed by atoms with Crippen molar-refractivity contribution in [3.63, 3.8) is 0 Å². The smallest absolute Gasteiger partial charge is 0.325 e. The molecule has 0 bridgehead atoms. The zero-order valence-corrected chi connectivity index (χ0v) is 6.21. The van der Waals surface area contributed by atoms with E-state index in [1.807, 2.05) is 0 Å². The van der Waals surface area contributed by atoms with Gasteiger partial charge >= 0.3 is 5.97 Å². The lowest BCUT2D eigenvalue weighted by Crippen LogP contribution is -2.14. The van der Waals surface area contributed by atoms with E-state index >= 15 is 0 Å². The first-order valence-corrected chi connectivity index (χ1v) is 3.31. The van der Waals surface area contributed by atoms with Crippen molar-refractivity contribution in [1.29, 1.82) is 0 Å². The molecule has 0 saturated heterocycles. The van der Waals surface area contributed by atoms with Crippen molar-refractivity contribution < 1.29 is 15.0 Å². The van der Waals surface area contributed by atoms with Gasteiger partial charge in [0.2, 0.25) is 0 Å². The molecule has 1 aromatic rings. The second-order valence-corrected chi connectivity index (χ2v) is 2.12. The van der Waals surface area contributed by atoms with Crippen LogP contribution in [0.4, 0.5) is 0 Å². The standard InChI is InChI=1S/C5H8N4O3/c10-2-1-4-6-7-8-9(4)3-5(11)12/h10H,1-3H2,(H,11,12). The minimum absolute atomic E-state index is 0.0972. The van der Waals surface area contributed by atoms with Gasteiger partial charge in [-0.15, -0.1) is 5.10 Å². The van der Waals surface area contributed by atoms with E-state index in [0.717, 1.165) is 4.68 Å². The van der Waals surface area contributed by atoms with Gasteiger partial charge in [-0.3, -0.25) is 4.79 Å². The van der Waals surface area contributed by atoms with Gasteiger partial charge in [-0.2, -0.15) is 0 Å². The molecule has 2 N–H and O–H groups in total. The van der Waals surface area contributed by atoms with Gasteiger partial charge in [0.25, 0.3) is 0 Å². The van der Waals surface area contributed by atoms with Gasteiger partial charge in [-0.1, -0.05) is 0 Å². The molecule has 0 atom stereocenters. The molecule has 1 aromatic heterocycles. The summed E-state index contributed by atoms with van der Waals surface area (Å²) < 4.78 is 1.14. The lowest BCUT2D eigenvalue weighted by atomic mass is 10.4. The molecular weight excluding hydrogens is 164 g/mol.